The van der Waals surface area contributed by atoms with Gasteiger partial charge >= 0.3 is 12.0 Å². The maximum atomic E-state index is 12.0. The van der Waals surface area contributed by atoms with Crippen LogP contribution in [-0.4, -0.2) is 32.6 Å². The zero-order valence-electron chi connectivity index (χ0n) is 10.3. The lowest BCUT2D eigenvalue weighted by atomic mass is 9.92. The second-order valence-electron chi connectivity index (χ2n) is 4.24. The summed E-state index contributed by atoms with van der Waals surface area (Å²) >= 11 is 0. The Morgan fingerprint density at radius 2 is 2.26 bits per heavy atom. The lowest BCUT2D eigenvalue weighted by molar-refractivity contribution is -0.137. The molecule has 1 aromatic heterocycles. The molecule has 1 atom stereocenters. The zero-order chi connectivity index (χ0) is 14.0. The SMILES string of the molecule is CCn1ccnc1C1(CCC(=O)O)NC(=O)NC1=O. The predicted molar refractivity (Wildman–Crippen MR) is 63.1 cm³/mol. The first-order valence-corrected chi connectivity index (χ1v) is 5.86. The molecule has 3 amide bonds. The molecule has 0 aromatic carbocycles. The fourth-order valence-electron chi connectivity index (χ4n) is 2.17. The highest BCUT2D eigenvalue weighted by atomic mass is 16.4. The van der Waals surface area contributed by atoms with Gasteiger partial charge in [0, 0.05) is 25.4 Å². The number of urea groups is 1. The van der Waals surface area contributed by atoms with Crippen molar-refractivity contribution in [3.63, 3.8) is 0 Å². The van der Waals surface area contributed by atoms with Crippen LogP contribution >= 0.6 is 0 Å². The van der Waals surface area contributed by atoms with E-state index in [2.05, 4.69) is 15.6 Å². The zero-order valence-corrected chi connectivity index (χ0v) is 10.3. The Morgan fingerprint density at radius 1 is 1.53 bits per heavy atom. The third kappa shape index (κ3) is 2.16. The second kappa shape index (κ2) is 4.71. The summed E-state index contributed by atoms with van der Waals surface area (Å²) in [6, 6.07) is -0.638. The molecule has 0 radical (unpaired) electrons. The Labute approximate surface area is 108 Å². The lowest BCUT2D eigenvalue weighted by Gasteiger charge is -2.25. The maximum Gasteiger partial charge on any atom is 0.322 e. The number of carboxylic acid groups (broad SMARTS) is 1. The highest BCUT2D eigenvalue weighted by molar-refractivity contribution is 6.07. The van der Waals surface area contributed by atoms with E-state index in [1.807, 2.05) is 6.92 Å². The van der Waals surface area contributed by atoms with Crippen molar-refractivity contribution in [1.29, 1.82) is 0 Å². The van der Waals surface area contributed by atoms with Gasteiger partial charge in [0.25, 0.3) is 5.91 Å². The summed E-state index contributed by atoms with van der Waals surface area (Å²) in [5.41, 5.74) is -1.41. The van der Waals surface area contributed by atoms with Crippen LogP contribution in [0.25, 0.3) is 0 Å². The van der Waals surface area contributed by atoms with Crippen LogP contribution in [0.3, 0.4) is 0 Å². The van der Waals surface area contributed by atoms with Gasteiger partial charge in [-0.15, -0.1) is 0 Å². The molecule has 1 aliphatic heterocycles. The van der Waals surface area contributed by atoms with Gasteiger partial charge in [-0.2, -0.15) is 0 Å². The number of aliphatic carboxylic acids is 1. The van der Waals surface area contributed by atoms with Crippen LogP contribution in [0, 0.1) is 0 Å². The van der Waals surface area contributed by atoms with Gasteiger partial charge in [0.15, 0.2) is 5.54 Å². The van der Waals surface area contributed by atoms with Gasteiger partial charge in [0.1, 0.15) is 5.82 Å². The quantitative estimate of drug-likeness (QED) is 0.639. The summed E-state index contributed by atoms with van der Waals surface area (Å²) in [5.74, 6) is -1.26. The van der Waals surface area contributed by atoms with E-state index < -0.39 is 23.4 Å². The maximum absolute atomic E-state index is 12.0. The molecular formula is C11H14N4O4. The Morgan fingerprint density at radius 3 is 2.79 bits per heavy atom. The van der Waals surface area contributed by atoms with E-state index in [0.29, 0.717) is 12.4 Å². The summed E-state index contributed by atoms with van der Waals surface area (Å²) in [6.45, 7) is 2.43. The standard InChI is InChI=1S/C11H14N4O4/c1-2-15-6-5-12-8(15)11(4-3-7(16)17)9(18)13-10(19)14-11/h5-6H,2-4H2,1H3,(H,16,17)(H2,13,14,18,19). The van der Waals surface area contributed by atoms with Crippen molar-refractivity contribution in [3.05, 3.63) is 18.2 Å². The smallest absolute Gasteiger partial charge is 0.322 e. The number of nitrogens with one attached hydrogen (secondary N) is 2. The van der Waals surface area contributed by atoms with Crippen LogP contribution in [0.15, 0.2) is 12.4 Å². The molecule has 1 saturated heterocycles. The molecule has 19 heavy (non-hydrogen) atoms. The summed E-state index contributed by atoms with van der Waals surface area (Å²) in [5, 5.41) is 13.4. The van der Waals surface area contributed by atoms with Gasteiger partial charge < -0.3 is 15.0 Å². The number of carboxylic acids is 1. The molecule has 1 aliphatic rings. The molecule has 0 bridgehead atoms. The van der Waals surface area contributed by atoms with Crippen molar-refractivity contribution in [1.82, 2.24) is 20.2 Å². The average Bonchev–Trinajstić information content (AvgIpc) is 2.91. The molecule has 0 aliphatic carbocycles. The molecule has 1 fully saturated rings. The van der Waals surface area contributed by atoms with E-state index in [1.54, 1.807) is 10.8 Å². The number of hydrogen-bond donors (Lipinski definition) is 3. The Hall–Kier alpha value is -2.38. The number of rotatable bonds is 5. The van der Waals surface area contributed by atoms with Crippen LogP contribution in [0.1, 0.15) is 25.6 Å². The van der Waals surface area contributed by atoms with Crippen molar-refractivity contribution in [2.24, 2.45) is 0 Å². The molecule has 0 spiro atoms. The molecule has 1 aromatic rings. The second-order valence-corrected chi connectivity index (χ2v) is 4.24. The minimum absolute atomic E-state index is 0.0447. The van der Waals surface area contributed by atoms with Crippen LogP contribution in [-0.2, 0) is 21.7 Å². The summed E-state index contributed by atoms with van der Waals surface area (Å²) in [6.07, 6.45) is 2.90. The Kier molecular flexibility index (Phi) is 3.24. The number of aromatic nitrogens is 2. The third-order valence-electron chi connectivity index (χ3n) is 3.09. The van der Waals surface area contributed by atoms with E-state index in [1.165, 1.54) is 6.20 Å². The van der Waals surface area contributed by atoms with Gasteiger partial charge in [0.2, 0.25) is 0 Å². The van der Waals surface area contributed by atoms with Gasteiger partial charge in [-0.3, -0.25) is 14.9 Å². The Balaban J connectivity index is 2.42. The highest BCUT2D eigenvalue weighted by Crippen LogP contribution is 2.28. The molecule has 3 N–H and O–H groups in total. The van der Waals surface area contributed by atoms with E-state index in [-0.39, 0.29) is 12.8 Å². The van der Waals surface area contributed by atoms with Crippen LogP contribution in [0.5, 0.6) is 0 Å². The first kappa shape index (κ1) is 13.1. The number of hydrogen-bond acceptors (Lipinski definition) is 4. The van der Waals surface area contributed by atoms with Crippen LogP contribution in [0.4, 0.5) is 4.79 Å². The minimum Gasteiger partial charge on any atom is -0.481 e. The first-order chi connectivity index (χ1) is 8.99. The number of nitrogens with zero attached hydrogens (tertiary/aromatic N) is 2. The van der Waals surface area contributed by atoms with Crippen molar-refractivity contribution >= 4 is 17.9 Å². The summed E-state index contributed by atoms with van der Waals surface area (Å²) in [7, 11) is 0. The van der Waals surface area contributed by atoms with Crippen molar-refractivity contribution < 1.29 is 19.5 Å². The van der Waals surface area contributed by atoms with Crippen molar-refractivity contribution in [2.45, 2.75) is 31.8 Å². The van der Waals surface area contributed by atoms with Crippen LogP contribution < -0.4 is 10.6 Å². The molecule has 8 heteroatoms. The lowest BCUT2D eigenvalue weighted by Crippen LogP contribution is -2.46. The number of imide groups is 1. The molecule has 2 rings (SSSR count). The average molecular weight is 266 g/mol. The molecule has 1 unspecified atom stereocenters. The minimum atomic E-state index is -1.41. The molecule has 2 heterocycles. The Bertz CT molecular complexity index is 539. The van der Waals surface area contributed by atoms with Gasteiger partial charge in [0.05, 0.1) is 0 Å². The number of carbonyl (C=O) groups excluding carboxylic acids is 2. The number of amides is 3. The van der Waals surface area contributed by atoms with Crippen molar-refractivity contribution in [3.8, 4) is 0 Å². The van der Waals surface area contributed by atoms with Crippen molar-refractivity contribution in [2.75, 3.05) is 0 Å². The van der Waals surface area contributed by atoms with Crippen LogP contribution in [0.2, 0.25) is 0 Å². The molecular weight excluding hydrogens is 252 g/mol. The van der Waals surface area contributed by atoms with E-state index in [9.17, 15) is 14.4 Å². The third-order valence-corrected chi connectivity index (χ3v) is 3.09. The molecule has 102 valence electrons. The highest BCUT2D eigenvalue weighted by Gasteiger charge is 2.50. The molecule has 0 saturated carbocycles. The summed E-state index contributed by atoms with van der Waals surface area (Å²) < 4.78 is 1.70. The number of imidazole rings is 1. The van der Waals surface area contributed by atoms with Gasteiger partial charge in [-0.25, -0.2) is 9.78 Å². The monoisotopic (exact) mass is 266 g/mol. The number of aryl methyl sites for hydroxylation is 1. The largest absolute Gasteiger partial charge is 0.481 e. The van der Waals surface area contributed by atoms with E-state index in [0.717, 1.165) is 0 Å². The predicted octanol–water partition coefficient (Wildman–Crippen LogP) is -0.197. The molecule has 8 nitrogen and oxygen atoms in total. The number of carbonyl (C=O) groups is 3. The van der Waals surface area contributed by atoms with E-state index >= 15 is 0 Å². The first-order valence-electron chi connectivity index (χ1n) is 5.86. The van der Waals surface area contributed by atoms with Gasteiger partial charge in [-0.1, -0.05) is 0 Å². The fourth-order valence-corrected chi connectivity index (χ4v) is 2.17. The summed E-state index contributed by atoms with van der Waals surface area (Å²) in [4.78, 5) is 38.3. The van der Waals surface area contributed by atoms with Gasteiger partial charge in [-0.05, 0) is 13.3 Å². The topological polar surface area (TPSA) is 113 Å². The normalized spacial score (nSPS) is 22.2. The van der Waals surface area contributed by atoms with E-state index in [4.69, 9.17) is 5.11 Å². The fraction of sp³-hybridized carbons (Fsp3) is 0.455.